The van der Waals surface area contributed by atoms with Gasteiger partial charge in [0.1, 0.15) is 0 Å². The molecule has 1 aromatic carbocycles. The number of carbonyl (C=O) groups excluding carboxylic acids is 1. The SMILES string of the molecule is CC1CN2CCCC2CN1C(C)C(=O)c1cccc(Cl)c1. The van der Waals surface area contributed by atoms with Crippen LogP contribution in [0.2, 0.25) is 5.02 Å². The topological polar surface area (TPSA) is 23.6 Å². The predicted molar refractivity (Wildman–Crippen MR) is 86.0 cm³/mol. The van der Waals surface area contributed by atoms with Crippen molar-refractivity contribution in [2.24, 2.45) is 0 Å². The molecule has 2 saturated heterocycles. The zero-order chi connectivity index (χ0) is 15.0. The van der Waals surface area contributed by atoms with Crippen molar-refractivity contribution in [3.05, 3.63) is 34.9 Å². The van der Waals surface area contributed by atoms with Gasteiger partial charge >= 0.3 is 0 Å². The van der Waals surface area contributed by atoms with Crippen LogP contribution in [0.5, 0.6) is 0 Å². The minimum atomic E-state index is -0.0822. The molecule has 21 heavy (non-hydrogen) atoms. The first-order valence-corrected chi connectivity index (χ1v) is 8.23. The van der Waals surface area contributed by atoms with Crippen molar-refractivity contribution in [1.29, 1.82) is 0 Å². The monoisotopic (exact) mass is 306 g/mol. The molecule has 4 heteroatoms. The van der Waals surface area contributed by atoms with Crippen LogP contribution in [0.3, 0.4) is 0 Å². The second-order valence-corrected chi connectivity index (χ2v) is 6.82. The molecule has 2 aliphatic heterocycles. The summed E-state index contributed by atoms with van der Waals surface area (Å²) in [7, 11) is 0. The maximum atomic E-state index is 12.7. The summed E-state index contributed by atoms with van der Waals surface area (Å²) in [6.07, 6.45) is 2.56. The minimum absolute atomic E-state index is 0.0822. The highest BCUT2D eigenvalue weighted by Gasteiger charge is 2.37. The molecule has 2 aliphatic rings. The molecule has 0 aliphatic carbocycles. The lowest BCUT2D eigenvalue weighted by molar-refractivity contribution is 0.0311. The van der Waals surface area contributed by atoms with Gasteiger partial charge < -0.3 is 0 Å². The number of ketones is 1. The van der Waals surface area contributed by atoms with Crippen molar-refractivity contribution in [1.82, 2.24) is 9.80 Å². The zero-order valence-corrected chi connectivity index (χ0v) is 13.5. The summed E-state index contributed by atoms with van der Waals surface area (Å²) in [6.45, 7) is 7.58. The second-order valence-electron chi connectivity index (χ2n) is 6.39. The first-order chi connectivity index (χ1) is 10.1. The second kappa shape index (κ2) is 6.07. The molecule has 2 fully saturated rings. The molecule has 2 heterocycles. The van der Waals surface area contributed by atoms with Crippen molar-refractivity contribution >= 4 is 17.4 Å². The van der Waals surface area contributed by atoms with Gasteiger partial charge in [-0.1, -0.05) is 23.7 Å². The summed E-state index contributed by atoms with van der Waals surface area (Å²) in [5, 5.41) is 0.627. The van der Waals surface area contributed by atoms with E-state index in [9.17, 15) is 4.79 Å². The fourth-order valence-electron chi connectivity index (χ4n) is 3.78. The molecule has 3 rings (SSSR count). The highest BCUT2D eigenvalue weighted by Crippen LogP contribution is 2.27. The molecule has 3 unspecified atom stereocenters. The number of piperazine rings is 1. The van der Waals surface area contributed by atoms with Crippen molar-refractivity contribution in [3.8, 4) is 0 Å². The number of hydrogen-bond donors (Lipinski definition) is 0. The van der Waals surface area contributed by atoms with Gasteiger partial charge in [-0.05, 0) is 45.4 Å². The first-order valence-electron chi connectivity index (χ1n) is 7.86. The van der Waals surface area contributed by atoms with Crippen molar-refractivity contribution in [2.45, 2.75) is 44.8 Å². The number of rotatable bonds is 3. The van der Waals surface area contributed by atoms with Crippen molar-refractivity contribution in [2.75, 3.05) is 19.6 Å². The van der Waals surface area contributed by atoms with Gasteiger partial charge in [0.05, 0.1) is 6.04 Å². The van der Waals surface area contributed by atoms with Crippen molar-refractivity contribution in [3.63, 3.8) is 0 Å². The molecule has 114 valence electrons. The summed E-state index contributed by atoms with van der Waals surface area (Å²) in [6, 6.07) is 8.27. The lowest BCUT2D eigenvalue weighted by Crippen LogP contribution is -2.58. The Bertz CT molecular complexity index is 533. The third kappa shape index (κ3) is 3.01. The Balaban J connectivity index is 1.74. The molecule has 1 aromatic rings. The Morgan fingerprint density at radius 2 is 2.19 bits per heavy atom. The number of Topliss-reactive ketones (excluding diaryl/α,β-unsaturated/α-hetero) is 1. The van der Waals surface area contributed by atoms with E-state index < -0.39 is 0 Å². The van der Waals surface area contributed by atoms with Crippen LogP contribution in [0, 0.1) is 0 Å². The number of benzene rings is 1. The van der Waals surface area contributed by atoms with E-state index in [4.69, 9.17) is 11.6 Å². The molecule has 0 aromatic heterocycles. The van der Waals surface area contributed by atoms with Gasteiger partial charge in [-0.15, -0.1) is 0 Å². The highest BCUT2D eigenvalue weighted by molar-refractivity contribution is 6.31. The molecule has 0 N–H and O–H groups in total. The third-order valence-corrected chi connectivity index (χ3v) is 5.21. The minimum Gasteiger partial charge on any atom is -0.298 e. The van der Waals surface area contributed by atoms with Crippen LogP contribution in [0.4, 0.5) is 0 Å². The highest BCUT2D eigenvalue weighted by atomic mass is 35.5. The van der Waals surface area contributed by atoms with E-state index >= 15 is 0 Å². The number of nitrogens with zero attached hydrogens (tertiary/aromatic N) is 2. The van der Waals surface area contributed by atoms with Crippen LogP contribution in [0.1, 0.15) is 37.0 Å². The van der Waals surface area contributed by atoms with Crippen LogP contribution < -0.4 is 0 Å². The standard InChI is InChI=1S/C17H23ClN2O/c1-12-10-19-8-4-7-16(19)11-20(12)13(2)17(21)14-5-3-6-15(18)9-14/h3,5-6,9,12-13,16H,4,7-8,10-11H2,1-2H3. The van der Waals surface area contributed by atoms with Gasteiger partial charge in [-0.3, -0.25) is 14.6 Å². The molecule has 0 amide bonds. The summed E-state index contributed by atoms with van der Waals surface area (Å²) >= 11 is 6.01. The summed E-state index contributed by atoms with van der Waals surface area (Å²) in [5.41, 5.74) is 0.719. The summed E-state index contributed by atoms with van der Waals surface area (Å²) < 4.78 is 0. The van der Waals surface area contributed by atoms with E-state index in [1.807, 2.05) is 25.1 Å². The first kappa shape index (κ1) is 15.0. The molecular formula is C17H23ClN2O. The van der Waals surface area contributed by atoms with Crippen LogP contribution in [-0.2, 0) is 0 Å². The Hall–Kier alpha value is -0.900. The van der Waals surface area contributed by atoms with E-state index in [-0.39, 0.29) is 11.8 Å². The Labute approximate surface area is 131 Å². The van der Waals surface area contributed by atoms with E-state index in [0.29, 0.717) is 17.1 Å². The van der Waals surface area contributed by atoms with Crippen LogP contribution in [0.25, 0.3) is 0 Å². The number of halogens is 1. The van der Waals surface area contributed by atoms with Gasteiger partial charge in [0.15, 0.2) is 5.78 Å². The van der Waals surface area contributed by atoms with E-state index in [1.54, 1.807) is 6.07 Å². The van der Waals surface area contributed by atoms with Crippen LogP contribution in [-0.4, -0.2) is 53.3 Å². The van der Waals surface area contributed by atoms with Gasteiger partial charge in [-0.25, -0.2) is 0 Å². The maximum absolute atomic E-state index is 12.7. The Kier molecular flexibility index (Phi) is 4.34. The predicted octanol–water partition coefficient (Wildman–Crippen LogP) is 3.08. The lowest BCUT2D eigenvalue weighted by atomic mass is 9.99. The third-order valence-electron chi connectivity index (χ3n) is 4.97. The molecular weight excluding hydrogens is 284 g/mol. The molecule has 3 nitrogen and oxygen atoms in total. The smallest absolute Gasteiger partial charge is 0.179 e. The quantitative estimate of drug-likeness (QED) is 0.802. The number of fused-ring (bicyclic) bond motifs is 1. The van der Waals surface area contributed by atoms with E-state index in [0.717, 1.165) is 18.7 Å². The Morgan fingerprint density at radius 1 is 1.38 bits per heavy atom. The zero-order valence-electron chi connectivity index (χ0n) is 12.8. The molecule has 0 bridgehead atoms. The average molecular weight is 307 g/mol. The molecule has 3 atom stereocenters. The largest absolute Gasteiger partial charge is 0.298 e. The summed E-state index contributed by atoms with van der Waals surface area (Å²) in [5.74, 6) is 0.177. The van der Waals surface area contributed by atoms with Gasteiger partial charge in [0.25, 0.3) is 0 Å². The molecule has 0 radical (unpaired) electrons. The van der Waals surface area contributed by atoms with Crippen molar-refractivity contribution < 1.29 is 4.79 Å². The lowest BCUT2D eigenvalue weighted by Gasteiger charge is -2.44. The maximum Gasteiger partial charge on any atom is 0.179 e. The fraction of sp³-hybridized carbons (Fsp3) is 0.588. The van der Waals surface area contributed by atoms with Crippen LogP contribution >= 0.6 is 11.6 Å². The van der Waals surface area contributed by atoms with E-state index in [2.05, 4.69) is 16.7 Å². The number of carbonyl (C=O) groups is 1. The van der Waals surface area contributed by atoms with E-state index in [1.165, 1.54) is 19.4 Å². The molecule has 0 spiro atoms. The average Bonchev–Trinajstić information content (AvgIpc) is 2.92. The van der Waals surface area contributed by atoms with Gasteiger partial charge in [0.2, 0.25) is 0 Å². The Morgan fingerprint density at radius 3 is 2.95 bits per heavy atom. The van der Waals surface area contributed by atoms with Gasteiger partial charge in [0, 0.05) is 35.8 Å². The molecule has 0 saturated carbocycles. The van der Waals surface area contributed by atoms with Crippen LogP contribution in [0.15, 0.2) is 24.3 Å². The number of hydrogen-bond acceptors (Lipinski definition) is 3. The van der Waals surface area contributed by atoms with Gasteiger partial charge in [-0.2, -0.15) is 0 Å². The normalized spacial score (nSPS) is 28.3. The summed E-state index contributed by atoms with van der Waals surface area (Å²) in [4.78, 5) is 17.7. The fourth-order valence-corrected chi connectivity index (χ4v) is 3.97.